The minimum atomic E-state index is -5.03. The standard InChI is InChI=1S/C36H34F5N7OS/c1-18-12-34(8-2-10-48(34)14-18)17-49-33-44-29-22(32(45-33)47-15-20-7-9-35(16-47,46-20)19-3-4-19)11-24(36(39,40)41)27(28(29)38)21-5-6-25(37)30-26(21)23(13-42)31(43)50-30/h5-6,11,19-20,46H,1-4,7-10,12,14-17,43H2/t20-,34-,35+/m0/s1. The Balaban J connectivity index is 1.26. The molecule has 6 heterocycles. The highest BCUT2D eigenvalue weighted by Crippen LogP contribution is 2.51. The third-order valence-electron chi connectivity index (χ3n) is 11.6. The minimum absolute atomic E-state index is 0.0724. The lowest BCUT2D eigenvalue weighted by molar-refractivity contribution is -0.137. The molecule has 5 fully saturated rings. The second-order valence-corrected chi connectivity index (χ2v) is 15.8. The van der Waals surface area contributed by atoms with E-state index in [1.807, 2.05) is 11.0 Å². The van der Waals surface area contributed by atoms with Crippen LogP contribution in [0, 0.1) is 28.9 Å². The lowest BCUT2D eigenvalue weighted by atomic mass is 9.90. The number of nitrogens with zero attached hydrogens (tertiary/aromatic N) is 5. The van der Waals surface area contributed by atoms with Crippen LogP contribution in [0.15, 0.2) is 30.4 Å². The zero-order chi connectivity index (χ0) is 34.7. The molecule has 260 valence electrons. The van der Waals surface area contributed by atoms with Gasteiger partial charge in [0.1, 0.15) is 34.8 Å². The zero-order valence-electron chi connectivity index (χ0n) is 27.1. The number of ether oxygens (including phenoxy) is 1. The van der Waals surface area contributed by atoms with Crippen molar-refractivity contribution in [2.24, 2.45) is 5.92 Å². The maximum atomic E-state index is 17.2. The predicted molar refractivity (Wildman–Crippen MR) is 181 cm³/mol. The molecule has 2 aromatic carbocycles. The Morgan fingerprint density at radius 3 is 2.76 bits per heavy atom. The van der Waals surface area contributed by atoms with Crippen LogP contribution in [0.5, 0.6) is 6.01 Å². The second-order valence-electron chi connectivity index (χ2n) is 14.7. The average molecular weight is 708 g/mol. The lowest BCUT2D eigenvalue weighted by Crippen LogP contribution is -2.61. The Bertz CT molecular complexity index is 2160. The van der Waals surface area contributed by atoms with E-state index in [4.69, 9.17) is 15.5 Å². The highest BCUT2D eigenvalue weighted by molar-refractivity contribution is 7.23. The van der Waals surface area contributed by atoms with Gasteiger partial charge in [-0.25, -0.2) is 8.78 Å². The van der Waals surface area contributed by atoms with E-state index in [0.717, 1.165) is 93.1 Å². The number of piperazine rings is 1. The lowest BCUT2D eigenvalue weighted by Gasteiger charge is -2.42. The normalized spacial score (nSPS) is 26.7. The number of nitriles is 1. The summed E-state index contributed by atoms with van der Waals surface area (Å²) in [5.74, 6) is -1.37. The van der Waals surface area contributed by atoms with Crippen molar-refractivity contribution in [2.75, 3.05) is 43.4 Å². The summed E-state index contributed by atoms with van der Waals surface area (Å²) in [5, 5.41) is 13.3. The molecule has 0 amide bonds. The number of nitrogens with two attached hydrogens (primary N) is 1. The quantitative estimate of drug-likeness (QED) is 0.161. The van der Waals surface area contributed by atoms with Gasteiger partial charge in [0.15, 0.2) is 5.82 Å². The first-order valence-electron chi connectivity index (χ1n) is 17.0. The second kappa shape index (κ2) is 11.0. The van der Waals surface area contributed by atoms with Crippen molar-refractivity contribution < 1.29 is 26.7 Å². The smallest absolute Gasteiger partial charge is 0.417 e. The van der Waals surface area contributed by atoms with E-state index in [2.05, 4.69) is 21.8 Å². The van der Waals surface area contributed by atoms with Crippen molar-refractivity contribution in [2.45, 2.75) is 68.2 Å². The first-order valence-corrected chi connectivity index (χ1v) is 17.8. The van der Waals surface area contributed by atoms with Crippen LogP contribution in [0.4, 0.5) is 32.8 Å². The molecule has 1 saturated carbocycles. The topological polar surface area (TPSA) is 103 Å². The van der Waals surface area contributed by atoms with Gasteiger partial charge in [-0.2, -0.15) is 28.4 Å². The van der Waals surface area contributed by atoms with Gasteiger partial charge in [-0.05, 0) is 75.1 Å². The molecule has 3 atom stereocenters. The average Bonchev–Trinajstić information content (AvgIpc) is 3.57. The molecule has 2 aromatic heterocycles. The van der Waals surface area contributed by atoms with Crippen LogP contribution in [-0.4, -0.2) is 64.8 Å². The number of nitrogen functional groups attached to an aromatic ring is 1. The first-order chi connectivity index (χ1) is 23.9. The monoisotopic (exact) mass is 707 g/mol. The summed E-state index contributed by atoms with van der Waals surface area (Å²) >= 11 is 0.732. The maximum Gasteiger partial charge on any atom is 0.417 e. The Kier molecular flexibility index (Phi) is 7.00. The molecule has 3 N–H and O–H groups in total. The number of benzene rings is 2. The number of rotatable bonds is 6. The van der Waals surface area contributed by atoms with Gasteiger partial charge in [0, 0.05) is 47.6 Å². The van der Waals surface area contributed by atoms with E-state index in [1.54, 1.807) is 0 Å². The first kappa shape index (κ1) is 31.9. The molecule has 4 aromatic rings. The fraction of sp³-hybridized carbons (Fsp3) is 0.472. The molecule has 2 bridgehead atoms. The number of hydrogen-bond acceptors (Lipinski definition) is 9. The number of thiophene rings is 1. The molecular weight excluding hydrogens is 674 g/mol. The molecule has 5 aliphatic rings. The van der Waals surface area contributed by atoms with E-state index < -0.39 is 28.9 Å². The van der Waals surface area contributed by atoms with E-state index in [1.165, 1.54) is 0 Å². The Hall–Kier alpha value is -4.06. The van der Waals surface area contributed by atoms with Crippen LogP contribution >= 0.6 is 11.3 Å². The highest BCUT2D eigenvalue weighted by atomic mass is 32.1. The molecule has 14 heteroatoms. The fourth-order valence-corrected chi connectivity index (χ4v) is 10.3. The van der Waals surface area contributed by atoms with Gasteiger partial charge in [0.2, 0.25) is 0 Å². The summed E-state index contributed by atoms with van der Waals surface area (Å²) in [6.07, 6.45) is 1.63. The van der Waals surface area contributed by atoms with Gasteiger partial charge in [0.25, 0.3) is 0 Å². The Labute approximate surface area is 288 Å². The number of nitrogens with one attached hydrogen (secondary N) is 1. The van der Waals surface area contributed by atoms with Crippen molar-refractivity contribution >= 4 is 43.1 Å². The third kappa shape index (κ3) is 4.80. The molecule has 4 aliphatic heterocycles. The van der Waals surface area contributed by atoms with E-state index in [0.29, 0.717) is 19.0 Å². The number of anilines is 2. The molecule has 9 rings (SSSR count). The maximum absolute atomic E-state index is 17.2. The molecule has 1 aliphatic carbocycles. The summed E-state index contributed by atoms with van der Waals surface area (Å²) < 4.78 is 83.7. The van der Waals surface area contributed by atoms with Crippen molar-refractivity contribution in [3.63, 3.8) is 0 Å². The molecule has 50 heavy (non-hydrogen) atoms. The fourth-order valence-electron chi connectivity index (χ4n) is 9.30. The minimum Gasteiger partial charge on any atom is -0.461 e. The number of aromatic nitrogens is 2. The largest absolute Gasteiger partial charge is 0.461 e. The van der Waals surface area contributed by atoms with Gasteiger partial charge >= 0.3 is 12.2 Å². The van der Waals surface area contributed by atoms with Gasteiger partial charge in [0.05, 0.1) is 21.4 Å². The molecular formula is C36H34F5N7OS. The molecule has 8 nitrogen and oxygen atoms in total. The van der Waals surface area contributed by atoms with Crippen molar-refractivity contribution in [3.8, 4) is 23.2 Å². The van der Waals surface area contributed by atoms with Crippen LogP contribution in [0.3, 0.4) is 0 Å². The SMILES string of the molecule is C=C1CN2CCC[C@@]2(COc2nc(N3C[C@@H]4CC[C@](C5CC5)(C3)N4)c3cc(C(F)(F)F)c(-c4ccc(F)c5sc(N)c(C#N)c45)c(F)c3n2)C1. The number of alkyl halides is 3. The van der Waals surface area contributed by atoms with Gasteiger partial charge in [-0.1, -0.05) is 18.2 Å². The third-order valence-corrected chi connectivity index (χ3v) is 12.6. The number of fused-ring (bicyclic) bond motifs is 5. The van der Waals surface area contributed by atoms with Crippen molar-refractivity contribution in [1.29, 1.82) is 5.26 Å². The van der Waals surface area contributed by atoms with E-state index in [9.17, 15) is 9.65 Å². The van der Waals surface area contributed by atoms with Crippen LogP contribution in [0.2, 0.25) is 0 Å². The van der Waals surface area contributed by atoms with Gasteiger partial charge in [-0.15, -0.1) is 11.3 Å². The van der Waals surface area contributed by atoms with Crippen molar-refractivity contribution in [3.05, 3.63) is 53.1 Å². The van der Waals surface area contributed by atoms with Crippen molar-refractivity contribution in [1.82, 2.24) is 20.2 Å². The summed E-state index contributed by atoms with van der Waals surface area (Å²) in [5.41, 5.74) is 3.67. The predicted octanol–water partition coefficient (Wildman–Crippen LogP) is 7.16. The van der Waals surface area contributed by atoms with Crippen LogP contribution in [0.25, 0.3) is 32.1 Å². The molecule has 0 radical (unpaired) electrons. The molecule has 0 unspecified atom stereocenters. The zero-order valence-corrected chi connectivity index (χ0v) is 27.9. The summed E-state index contributed by atoms with van der Waals surface area (Å²) in [4.78, 5) is 13.5. The van der Waals surface area contributed by atoms with Crippen LogP contribution < -0.4 is 20.7 Å². The van der Waals surface area contributed by atoms with E-state index in [-0.39, 0.29) is 72.7 Å². The Morgan fingerprint density at radius 1 is 1.18 bits per heavy atom. The highest BCUT2D eigenvalue weighted by Gasteiger charge is 2.53. The van der Waals surface area contributed by atoms with Gasteiger partial charge < -0.3 is 20.7 Å². The number of halogens is 5. The molecule has 0 spiro atoms. The number of hydrogen-bond donors (Lipinski definition) is 2. The van der Waals surface area contributed by atoms with Gasteiger partial charge in [-0.3, -0.25) is 4.90 Å². The van der Waals surface area contributed by atoms with Crippen LogP contribution in [-0.2, 0) is 6.18 Å². The van der Waals surface area contributed by atoms with E-state index >= 15 is 17.6 Å². The summed E-state index contributed by atoms with van der Waals surface area (Å²) in [6, 6.07) is 4.80. The Morgan fingerprint density at radius 2 is 2.00 bits per heavy atom. The van der Waals surface area contributed by atoms with Crippen LogP contribution in [0.1, 0.15) is 56.1 Å². The summed E-state index contributed by atoms with van der Waals surface area (Å²) in [7, 11) is 0. The summed E-state index contributed by atoms with van der Waals surface area (Å²) in [6.45, 7) is 7.08. The molecule has 4 saturated heterocycles.